The smallest absolute Gasteiger partial charge is 0.338 e. The van der Waals surface area contributed by atoms with E-state index in [1.165, 1.54) is 0 Å². The minimum atomic E-state index is -0.679. The van der Waals surface area contributed by atoms with Crippen LogP contribution in [0.15, 0.2) is 29.5 Å². The first kappa shape index (κ1) is 18.6. The maximum atomic E-state index is 12.5. The Morgan fingerprint density at radius 3 is 2.71 bits per heavy atom. The molecule has 24 heavy (non-hydrogen) atoms. The van der Waals surface area contributed by atoms with Crippen molar-refractivity contribution in [1.82, 2.24) is 10.6 Å². The van der Waals surface area contributed by atoms with Gasteiger partial charge in [-0.1, -0.05) is 49.0 Å². The van der Waals surface area contributed by atoms with Crippen LogP contribution in [-0.2, 0) is 9.53 Å². The Morgan fingerprint density at radius 2 is 2.04 bits per heavy atom. The van der Waals surface area contributed by atoms with Crippen LogP contribution in [0, 0.1) is 0 Å². The van der Waals surface area contributed by atoms with Gasteiger partial charge >= 0.3 is 12.0 Å². The first-order valence-electron chi connectivity index (χ1n) is 7.84. The highest BCUT2D eigenvalue weighted by Crippen LogP contribution is 2.33. The van der Waals surface area contributed by atoms with Crippen LogP contribution in [0.4, 0.5) is 4.79 Å². The summed E-state index contributed by atoms with van der Waals surface area (Å²) in [6, 6.07) is 3.86. The topological polar surface area (TPSA) is 67.4 Å². The van der Waals surface area contributed by atoms with Gasteiger partial charge in [-0.15, -0.1) is 0 Å². The molecule has 1 aliphatic heterocycles. The number of urea groups is 1. The van der Waals surface area contributed by atoms with Crippen molar-refractivity contribution in [2.75, 3.05) is 6.61 Å². The lowest BCUT2D eigenvalue weighted by Crippen LogP contribution is -2.45. The second kappa shape index (κ2) is 8.40. The van der Waals surface area contributed by atoms with E-state index in [0.29, 0.717) is 33.5 Å². The van der Waals surface area contributed by atoms with Crippen molar-refractivity contribution >= 4 is 35.2 Å². The summed E-state index contributed by atoms with van der Waals surface area (Å²) in [5, 5.41) is 6.18. The van der Waals surface area contributed by atoms with Gasteiger partial charge in [-0.2, -0.15) is 0 Å². The molecule has 130 valence electrons. The molecule has 0 bridgehead atoms. The summed E-state index contributed by atoms with van der Waals surface area (Å²) >= 11 is 12.2. The monoisotopic (exact) mass is 370 g/mol. The summed E-state index contributed by atoms with van der Waals surface area (Å²) in [4.78, 5) is 24.3. The summed E-state index contributed by atoms with van der Waals surface area (Å²) in [5.74, 6) is -0.466. The second-order valence-corrected chi connectivity index (χ2v) is 6.42. The molecule has 1 heterocycles. The molecular formula is C17H20Cl2N2O3. The quantitative estimate of drug-likeness (QED) is 0.577. The molecule has 0 spiro atoms. The van der Waals surface area contributed by atoms with Crippen molar-refractivity contribution in [1.29, 1.82) is 0 Å². The molecule has 0 aliphatic carbocycles. The Labute approximate surface area is 151 Å². The Hall–Kier alpha value is -1.72. The summed E-state index contributed by atoms with van der Waals surface area (Å²) in [5.41, 5.74) is 1.39. The lowest BCUT2D eigenvalue weighted by molar-refractivity contribution is -0.139. The highest BCUT2D eigenvalue weighted by molar-refractivity contribution is 6.35. The Bertz CT molecular complexity index is 674. The number of nitrogens with one attached hydrogen (secondary N) is 2. The number of esters is 1. The van der Waals surface area contributed by atoms with E-state index >= 15 is 0 Å². The number of carbonyl (C=O) groups excluding carboxylic acids is 2. The van der Waals surface area contributed by atoms with Crippen LogP contribution in [0.1, 0.15) is 44.7 Å². The van der Waals surface area contributed by atoms with Gasteiger partial charge < -0.3 is 15.4 Å². The zero-order valence-corrected chi connectivity index (χ0v) is 15.1. The molecule has 0 saturated heterocycles. The minimum absolute atomic E-state index is 0.343. The van der Waals surface area contributed by atoms with Crippen LogP contribution in [0.25, 0.3) is 0 Å². The minimum Gasteiger partial charge on any atom is -0.462 e. The predicted molar refractivity (Wildman–Crippen MR) is 94.1 cm³/mol. The van der Waals surface area contributed by atoms with E-state index in [1.54, 1.807) is 25.1 Å². The van der Waals surface area contributed by atoms with Crippen LogP contribution < -0.4 is 10.6 Å². The molecule has 2 amide bonds. The molecule has 5 nitrogen and oxygen atoms in total. The first-order chi connectivity index (χ1) is 11.4. The van der Waals surface area contributed by atoms with Crippen molar-refractivity contribution in [2.24, 2.45) is 0 Å². The van der Waals surface area contributed by atoms with Gasteiger partial charge in [0.15, 0.2) is 0 Å². The lowest BCUT2D eigenvalue weighted by atomic mass is 9.95. The number of amides is 2. The van der Waals surface area contributed by atoms with Gasteiger partial charge in [-0.05, 0) is 31.0 Å². The SMILES string of the molecule is CCCCCOC(=O)C1=C(C)NC(=O)N[C@@H]1c1ccc(Cl)cc1Cl. The van der Waals surface area contributed by atoms with Crippen molar-refractivity contribution in [2.45, 2.75) is 39.2 Å². The number of hydrogen-bond acceptors (Lipinski definition) is 3. The number of benzene rings is 1. The van der Waals surface area contributed by atoms with Crippen LogP contribution in [0.5, 0.6) is 0 Å². The van der Waals surface area contributed by atoms with E-state index in [4.69, 9.17) is 27.9 Å². The average Bonchev–Trinajstić information content (AvgIpc) is 2.50. The molecule has 0 fully saturated rings. The standard InChI is InChI=1S/C17H20Cl2N2O3/c1-3-4-5-8-24-16(22)14-10(2)20-17(23)21-15(14)12-7-6-11(18)9-13(12)19/h6-7,9,15H,3-5,8H2,1-2H3,(H2,20,21,23)/t15-/m1/s1. The molecule has 0 unspecified atom stereocenters. The fourth-order valence-corrected chi connectivity index (χ4v) is 3.05. The third-order valence-corrected chi connectivity index (χ3v) is 4.31. The molecule has 2 rings (SSSR count). The van der Waals surface area contributed by atoms with E-state index in [9.17, 15) is 9.59 Å². The molecule has 1 aliphatic rings. The molecule has 1 aromatic rings. The number of unbranched alkanes of at least 4 members (excludes halogenated alkanes) is 2. The van der Waals surface area contributed by atoms with Gasteiger partial charge in [0.25, 0.3) is 0 Å². The molecule has 2 N–H and O–H groups in total. The van der Waals surface area contributed by atoms with Gasteiger partial charge in [-0.25, -0.2) is 9.59 Å². The molecular weight excluding hydrogens is 351 g/mol. The van der Waals surface area contributed by atoms with Gasteiger partial charge in [0.2, 0.25) is 0 Å². The molecule has 0 saturated carbocycles. The van der Waals surface area contributed by atoms with Gasteiger partial charge in [-0.3, -0.25) is 0 Å². The predicted octanol–water partition coefficient (Wildman–Crippen LogP) is 4.35. The average molecular weight is 371 g/mol. The van der Waals surface area contributed by atoms with Crippen molar-refractivity contribution < 1.29 is 14.3 Å². The van der Waals surface area contributed by atoms with Crippen molar-refractivity contribution in [3.05, 3.63) is 45.1 Å². The number of allylic oxidation sites excluding steroid dienone is 1. The van der Waals surface area contributed by atoms with E-state index in [0.717, 1.165) is 19.3 Å². The highest BCUT2D eigenvalue weighted by Gasteiger charge is 2.33. The molecule has 1 atom stereocenters. The fourth-order valence-electron chi connectivity index (χ4n) is 2.53. The van der Waals surface area contributed by atoms with Gasteiger partial charge in [0, 0.05) is 15.7 Å². The summed E-state index contributed by atoms with van der Waals surface area (Å²) in [6.07, 6.45) is 2.84. The van der Waals surface area contributed by atoms with Crippen molar-refractivity contribution in [3.8, 4) is 0 Å². The Kier molecular flexibility index (Phi) is 6.52. The third kappa shape index (κ3) is 4.42. The number of rotatable bonds is 6. The van der Waals surface area contributed by atoms with Crippen molar-refractivity contribution in [3.63, 3.8) is 0 Å². The maximum Gasteiger partial charge on any atom is 0.338 e. The fraction of sp³-hybridized carbons (Fsp3) is 0.412. The normalized spacial score (nSPS) is 17.3. The number of ether oxygens (including phenoxy) is 1. The first-order valence-corrected chi connectivity index (χ1v) is 8.60. The molecule has 1 aromatic carbocycles. The van der Waals surface area contributed by atoms with Crippen LogP contribution >= 0.6 is 23.2 Å². The summed E-state index contributed by atoms with van der Waals surface area (Å²) in [6.45, 7) is 4.09. The maximum absolute atomic E-state index is 12.5. The zero-order valence-electron chi connectivity index (χ0n) is 13.6. The zero-order chi connectivity index (χ0) is 17.7. The number of hydrogen-bond donors (Lipinski definition) is 2. The summed E-state index contributed by atoms with van der Waals surface area (Å²) in [7, 11) is 0. The third-order valence-electron chi connectivity index (χ3n) is 3.74. The summed E-state index contributed by atoms with van der Waals surface area (Å²) < 4.78 is 5.35. The molecule has 7 heteroatoms. The molecule has 0 aromatic heterocycles. The number of carbonyl (C=O) groups is 2. The highest BCUT2D eigenvalue weighted by atomic mass is 35.5. The van der Waals surface area contributed by atoms with Crippen LogP contribution in [0.3, 0.4) is 0 Å². The van der Waals surface area contributed by atoms with Gasteiger partial charge in [0.05, 0.1) is 18.2 Å². The van der Waals surface area contributed by atoms with E-state index < -0.39 is 18.0 Å². The van der Waals surface area contributed by atoms with Crippen LogP contribution in [-0.4, -0.2) is 18.6 Å². The Balaban J connectivity index is 2.28. The largest absolute Gasteiger partial charge is 0.462 e. The van der Waals surface area contributed by atoms with E-state index in [1.807, 2.05) is 0 Å². The van der Waals surface area contributed by atoms with Crippen LogP contribution in [0.2, 0.25) is 10.0 Å². The lowest BCUT2D eigenvalue weighted by Gasteiger charge is -2.28. The molecule has 0 radical (unpaired) electrons. The Morgan fingerprint density at radius 1 is 1.29 bits per heavy atom. The van der Waals surface area contributed by atoms with E-state index in [-0.39, 0.29) is 0 Å². The van der Waals surface area contributed by atoms with E-state index in [2.05, 4.69) is 17.6 Å². The second-order valence-electron chi connectivity index (χ2n) is 5.58. The van der Waals surface area contributed by atoms with Gasteiger partial charge in [0.1, 0.15) is 0 Å². The number of halogens is 2.